The molecule has 0 aliphatic heterocycles. The molecule has 0 saturated heterocycles. The second-order valence-corrected chi connectivity index (χ2v) is 6.22. The number of ether oxygens (including phenoxy) is 2. The lowest BCUT2D eigenvalue weighted by Crippen LogP contribution is -2.13. The maximum atomic E-state index is 12.4. The fraction of sp³-hybridized carbons (Fsp3) is 0.182. The summed E-state index contributed by atoms with van der Waals surface area (Å²) in [6, 6.07) is 12.6. The second kappa shape index (κ2) is 10.2. The number of methoxy groups -OCH3 is 1. The highest BCUT2D eigenvalue weighted by Crippen LogP contribution is 2.37. The Kier molecular flexibility index (Phi) is 7.67. The maximum Gasteiger partial charge on any atom is 0.266 e. The van der Waals surface area contributed by atoms with E-state index in [1.54, 1.807) is 30.3 Å². The Morgan fingerprint density at radius 3 is 2.61 bits per heavy atom. The highest BCUT2D eigenvalue weighted by atomic mass is 35.5. The summed E-state index contributed by atoms with van der Waals surface area (Å²) in [5.74, 6) is 0.266. The van der Waals surface area contributed by atoms with Crippen molar-refractivity contribution >= 4 is 29.3 Å². The molecule has 144 valence electrons. The molecule has 28 heavy (non-hydrogen) atoms. The predicted octanol–water partition coefficient (Wildman–Crippen LogP) is 5.02. The Morgan fingerprint density at radius 1 is 1.32 bits per heavy atom. The number of anilines is 1. The SMILES string of the molecule is C=CCOc1c(Cl)cc(/C=C(\C#N)C(=O)Nc2ccc(CC)cc2)cc1OC. The van der Waals surface area contributed by atoms with Crippen molar-refractivity contribution in [1.82, 2.24) is 0 Å². The number of nitrogens with one attached hydrogen (secondary N) is 1. The average molecular weight is 397 g/mol. The van der Waals surface area contributed by atoms with E-state index in [4.69, 9.17) is 21.1 Å². The molecule has 0 radical (unpaired) electrons. The molecule has 0 aromatic heterocycles. The molecule has 0 aliphatic carbocycles. The van der Waals surface area contributed by atoms with E-state index in [9.17, 15) is 10.1 Å². The van der Waals surface area contributed by atoms with E-state index < -0.39 is 5.91 Å². The van der Waals surface area contributed by atoms with Crippen LogP contribution in [0.4, 0.5) is 5.69 Å². The van der Waals surface area contributed by atoms with Crippen LogP contribution in [0.3, 0.4) is 0 Å². The molecule has 0 atom stereocenters. The number of halogens is 1. The highest BCUT2D eigenvalue weighted by Gasteiger charge is 2.14. The smallest absolute Gasteiger partial charge is 0.266 e. The molecule has 0 unspecified atom stereocenters. The summed E-state index contributed by atoms with van der Waals surface area (Å²) in [5.41, 5.74) is 2.26. The number of benzene rings is 2. The predicted molar refractivity (Wildman–Crippen MR) is 112 cm³/mol. The lowest BCUT2D eigenvalue weighted by atomic mass is 10.1. The summed E-state index contributed by atoms with van der Waals surface area (Å²) in [6.45, 7) is 5.92. The van der Waals surface area contributed by atoms with Gasteiger partial charge >= 0.3 is 0 Å². The largest absolute Gasteiger partial charge is 0.493 e. The Morgan fingerprint density at radius 2 is 2.04 bits per heavy atom. The zero-order valence-corrected chi connectivity index (χ0v) is 16.5. The lowest BCUT2D eigenvalue weighted by molar-refractivity contribution is -0.112. The Labute approximate surface area is 169 Å². The van der Waals surface area contributed by atoms with Crippen LogP contribution in [0.2, 0.25) is 5.02 Å². The van der Waals surface area contributed by atoms with E-state index in [1.165, 1.54) is 13.2 Å². The van der Waals surface area contributed by atoms with E-state index >= 15 is 0 Å². The van der Waals surface area contributed by atoms with Gasteiger partial charge in [0.15, 0.2) is 11.5 Å². The number of amides is 1. The molecule has 2 aromatic carbocycles. The van der Waals surface area contributed by atoms with Gasteiger partial charge < -0.3 is 14.8 Å². The second-order valence-electron chi connectivity index (χ2n) is 5.81. The van der Waals surface area contributed by atoms with Crippen molar-refractivity contribution in [2.75, 3.05) is 19.0 Å². The molecule has 0 aliphatic rings. The van der Waals surface area contributed by atoms with E-state index in [0.717, 1.165) is 12.0 Å². The van der Waals surface area contributed by atoms with Gasteiger partial charge in [-0.2, -0.15) is 5.26 Å². The summed E-state index contributed by atoms with van der Waals surface area (Å²) in [4.78, 5) is 12.4. The van der Waals surface area contributed by atoms with Gasteiger partial charge in [0.05, 0.1) is 12.1 Å². The average Bonchev–Trinajstić information content (AvgIpc) is 2.71. The van der Waals surface area contributed by atoms with Gasteiger partial charge in [-0.15, -0.1) is 0 Å². The van der Waals surface area contributed by atoms with E-state index in [1.807, 2.05) is 18.2 Å². The zero-order chi connectivity index (χ0) is 20.5. The number of hydrogen-bond acceptors (Lipinski definition) is 4. The van der Waals surface area contributed by atoms with Crippen LogP contribution >= 0.6 is 11.6 Å². The van der Waals surface area contributed by atoms with Crippen molar-refractivity contribution in [1.29, 1.82) is 5.26 Å². The standard InChI is InChI=1S/C22H21ClN2O3/c1-4-10-28-21-19(23)12-16(13-20(21)27-3)11-17(14-24)22(26)25-18-8-6-15(5-2)7-9-18/h4,6-9,11-13H,1,5,10H2,2-3H3,(H,25,26)/b17-11+. The first-order chi connectivity index (χ1) is 13.5. The number of rotatable bonds is 8. The van der Waals surface area contributed by atoms with Crippen LogP contribution in [0.25, 0.3) is 6.08 Å². The summed E-state index contributed by atoms with van der Waals surface area (Å²) in [7, 11) is 1.48. The van der Waals surface area contributed by atoms with Gasteiger partial charge in [-0.3, -0.25) is 4.79 Å². The van der Waals surface area contributed by atoms with Gasteiger partial charge in [0.25, 0.3) is 5.91 Å². The van der Waals surface area contributed by atoms with Crippen molar-refractivity contribution in [2.24, 2.45) is 0 Å². The number of hydrogen-bond donors (Lipinski definition) is 1. The number of nitrogens with zero attached hydrogens (tertiary/aromatic N) is 1. The Hall–Kier alpha value is -3.23. The van der Waals surface area contributed by atoms with E-state index in [2.05, 4.69) is 18.8 Å². The number of nitriles is 1. The topological polar surface area (TPSA) is 71.3 Å². The monoisotopic (exact) mass is 396 g/mol. The molecule has 6 heteroatoms. The molecular formula is C22H21ClN2O3. The summed E-state index contributed by atoms with van der Waals surface area (Å²) >= 11 is 6.26. The fourth-order valence-corrected chi connectivity index (χ4v) is 2.72. The summed E-state index contributed by atoms with van der Waals surface area (Å²) in [6.07, 6.45) is 3.95. The van der Waals surface area contributed by atoms with Crippen LogP contribution < -0.4 is 14.8 Å². The summed E-state index contributed by atoms with van der Waals surface area (Å²) in [5, 5.41) is 12.4. The molecule has 2 rings (SSSR count). The minimum Gasteiger partial charge on any atom is -0.493 e. The molecule has 0 saturated carbocycles. The first-order valence-electron chi connectivity index (χ1n) is 8.65. The third-order valence-corrected chi connectivity index (χ3v) is 4.17. The summed E-state index contributed by atoms with van der Waals surface area (Å²) < 4.78 is 10.8. The van der Waals surface area contributed by atoms with E-state index in [0.29, 0.717) is 27.8 Å². The van der Waals surface area contributed by atoms with Gasteiger partial charge in [0.1, 0.15) is 18.2 Å². The van der Waals surface area contributed by atoms with Crippen molar-refractivity contribution in [3.05, 3.63) is 70.8 Å². The Bertz CT molecular complexity index is 928. The number of aryl methyl sites for hydroxylation is 1. The van der Waals surface area contributed by atoms with Crippen LogP contribution in [0.15, 0.2) is 54.6 Å². The first-order valence-corrected chi connectivity index (χ1v) is 9.03. The molecule has 1 amide bonds. The third kappa shape index (κ3) is 5.38. The van der Waals surface area contributed by atoms with Crippen LogP contribution in [0.5, 0.6) is 11.5 Å². The Balaban J connectivity index is 2.27. The molecule has 0 fully saturated rings. The minimum atomic E-state index is -0.506. The molecule has 0 bridgehead atoms. The first kappa shape index (κ1) is 21.1. The zero-order valence-electron chi connectivity index (χ0n) is 15.8. The lowest BCUT2D eigenvalue weighted by Gasteiger charge is -2.12. The molecule has 1 N–H and O–H groups in total. The van der Waals surface area contributed by atoms with Crippen molar-refractivity contribution < 1.29 is 14.3 Å². The van der Waals surface area contributed by atoms with Gasteiger partial charge in [0, 0.05) is 5.69 Å². The van der Waals surface area contributed by atoms with Gasteiger partial charge in [-0.05, 0) is 47.9 Å². The van der Waals surface area contributed by atoms with Gasteiger partial charge in [0.2, 0.25) is 0 Å². The molecule has 0 heterocycles. The van der Waals surface area contributed by atoms with Gasteiger partial charge in [-0.25, -0.2) is 0 Å². The maximum absolute atomic E-state index is 12.4. The molecule has 0 spiro atoms. The van der Waals surface area contributed by atoms with E-state index in [-0.39, 0.29) is 12.2 Å². The molecular weight excluding hydrogens is 376 g/mol. The van der Waals surface area contributed by atoms with Crippen LogP contribution in [-0.4, -0.2) is 19.6 Å². The van der Waals surface area contributed by atoms with Crippen LogP contribution in [0, 0.1) is 11.3 Å². The van der Waals surface area contributed by atoms with Crippen molar-refractivity contribution in [2.45, 2.75) is 13.3 Å². The number of carbonyl (C=O) groups excluding carboxylic acids is 1. The van der Waals surface area contributed by atoms with Crippen molar-refractivity contribution in [3.8, 4) is 17.6 Å². The van der Waals surface area contributed by atoms with Crippen LogP contribution in [0.1, 0.15) is 18.1 Å². The normalized spacial score (nSPS) is 10.7. The fourth-order valence-electron chi connectivity index (χ4n) is 2.44. The minimum absolute atomic E-state index is 0.0579. The molecule has 5 nitrogen and oxygen atoms in total. The van der Waals surface area contributed by atoms with Gasteiger partial charge in [-0.1, -0.05) is 43.3 Å². The van der Waals surface area contributed by atoms with Crippen LogP contribution in [-0.2, 0) is 11.2 Å². The quantitative estimate of drug-likeness (QED) is 0.386. The third-order valence-electron chi connectivity index (χ3n) is 3.89. The number of carbonyl (C=O) groups is 1. The molecule has 2 aromatic rings. The van der Waals surface area contributed by atoms with Crippen molar-refractivity contribution in [3.63, 3.8) is 0 Å². The highest BCUT2D eigenvalue weighted by molar-refractivity contribution is 6.32.